The minimum absolute atomic E-state index is 0.544. The Kier molecular flexibility index (Phi) is 2.81. The van der Waals surface area contributed by atoms with Crippen molar-refractivity contribution >= 4 is 11.5 Å². The molecule has 0 aliphatic heterocycles. The maximum atomic E-state index is 4.13. The maximum Gasteiger partial charge on any atom is 0.174 e. The molecule has 0 saturated heterocycles. The second-order valence-corrected chi connectivity index (χ2v) is 2.81. The molecule has 0 atom stereocenters. The van der Waals surface area contributed by atoms with Gasteiger partial charge < -0.3 is 0 Å². The predicted molar refractivity (Wildman–Crippen MR) is 42.1 cm³/mol. The Balaban J connectivity index is 2.64. The van der Waals surface area contributed by atoms with E-state index >= 15 is 0 Å². The SMILES string of the molecule is CCC(CC)c1n[c]sn1. The van der Waals surface area contributed by atoms with Gasteiger partial charge in [0, 0.05) is 5.92 Å². The molecule has 0 spiro atoms. The Bertz CT molecular complexity index is 168. The molecular weight excluding hydrogens is 144 g/mol. The topological polar surface area (TPSA) is 25.8 Å². The van der Waals surface area contributed by atoms with Crippen molar-refractivity contribution in [3.8, 4) is 0 Å². The normalized spacial score (nSPS) is 10.7. The van der Waals surface area contributed by atoms with Gasteiger partial charge in [-0.3, -0.25) is 0 Å². The molecule has 0 saturated carbocycles. The molecule has 10 heavy (non-hydrogen) atoms. The van der Waals surface area contributed by atoms with Crippen molar-refractivity contribution in [1.29, 1.82) is 0 Å². The average molecular weight is 155 g/mol. The quantitative estimate of drug-likeness (QED) is 0.669. The molecule has 0 amide bonds. The zero-order valence-electron chi connectivity index (χ0n) is 6.29. The van der Waals surface area contributed by atoms with Gasteiger partial charge in [0.15, 0.2) is 5.51 Å². The first-order valence-electron chi connectivity index (χ1n) is 3.58. The van der Waals surface area contributed by atoms with Crippen LogP contribution in [0, 0.1) is 5.51 Å². The molecule has 0 aromatic carbocycles. The Morgan fingerprint density at radius 1 is 1.50 bits per heavy atom. The Morgan fingerprint density at radius 3 is 2.60 bits per heavy atom. The van der Waals surface area contributed by atoms with Gasteiger partial charge in [-0.1, -0.05) is 13.8 Å². The lowest BCUT2D eigenvalue weighted by atomic mass is 10.0. The number of hydrogen-bond acceptors (Lipinski definition) is 3. The van der Waals surface area contributed by atoms with Crippen LogP contribution in [0.4, 0.5) is 0 Å². The molecule has 0 bridgehead atoms. The highest BCUT2D eigenvalue weighted by molar-refractivity contribution is 7.02. The van der Waals surface area contributed by atoms with E-state index in [0.29, 0.717) is 5.92 Å². The van der Waals surface area contributed by atoms with Crippen molar-refractivity contribution in [3.05, 3.63) is 11.3 Å². The first-order chi connectivity index (χ1) is 4.88. The van der Waals surface area contributed by atoms with Crippen LogP contribution in [0.5, 0.6) is 0 Å². The molecular formula is C7H11N2S. The summed E-state index contributed by atoms with van der Waals surface area (Å²) >= 11 is 1.31. The van der Waals surface area contributed by atoms with Crippen LogP contribution in [0.3, 0.4) is 0 Å². The third-order valence-corrected chi connectivity index (χ3v) is 2.14. The molecule has 1 aromatic rings. The first kappa shape index (κ1) is 7.66. The van der Waals surface area contributed by atoms with Gasteiger partial charge >= 0.3 is 0 Å². The van der Waals surface area contributed by atoms with Crippen LogP contribution in [0.25, 0.3) is 0 Å². The second kappa shape index (κ2) is 3.66. The molecule has 0 N–H and O–H groups in total. The highest BCUT2D eigenvalue weighted by Gasteiger charge is 2.09. The van der Waals surface area contributed by atoms with Gasteiger partial charge in [0.05, 0.1) is 0 Å². The molecule has 0 unspecified atom stereocenters. The van der Waals surface area contributed by atoms with Gasteiger partial charge in [0.25, 0.3) is 0 Å². The molecule has 0 aliphatic rings. The lowest BCUT2D eigenvalue weighted by Crippen LogP contribution is -1.96. The summed E-state index contributed by atoms with van der Waals surface area (Å²) < 4.78 is 4.13. The van der Waals surface area contributed by atoms with Gasteiger partial charge in [-0.25, -0.2) is 4.98 Å². The standard InChI is InChI=1S/C7H11N2S/c1-3-6(4-2)7-8-5-10-9-7/h6H,3-4H2,1-2H3. The van der Waals surface area contributed by atoms with E-state index < -0.39 is 0 Å². The van der Waals surface area contributed by atoms with Gasteiger partial charge in [0.1, 0.15) is 5.82 Å². The molecule has 0 aliphatic carbocycles. The summed E-state index contributed by atoms with van der Waals surface area (Å²) in [6.07, 6.45) is 2.25. The van der Waals surface area contributed by atoms with Crippen molar-refractivity contribution in [1.82, 2.24) is 9.36 Å². The largest absolute Gasteiger partial charge is 0.216 e. The lowest BCUT2D eigenvalue weighted by molar-refractivity contribution is 0.611. The fraction of sp³-hybridized carbons (Fsp3) is 0.714. The average Bonchev–Trinajstić information content (AvgIpc) is 2.43. The molecule has 1 heterocycles. The number of rotatable bonds is 3. The summed E-state index contributed by atoms with van der Waals surface area (Å²) in [7, 11) is 0. The Morgan fingerprint density at radius 2 is 2.20 bits per heavy atom. The minimum Gasteiger partial charge on any atom is -0.216 e. The van der Waals surface area contributed by atoms with Crippen LogP contribution in [0.15, 0.2) is 0 Å². The van der Waals surface area contributed by atoms with Crippen LogP contribution in [0.1, 0.15) is 38.4 Å². The van der Waals surface area contributed by atoms with E-state index in [2.05, 4.69) is 28.7 Å². The molecule has 0 fully saturated rings. The minimum atomic E-state index is 0.544. The third kappa shape index (κ3) is 1.53. The Labute approximate surface area is 65.5 Å². The Hall–Kier alpha value is -0.440. The highest BCUT2D eigenvalue weighted by atomic mass is 32.1. The van der Waals surface area contributed by atoms with Crippen LogP contribution in [0.2, 0.25) is 0 Å². The van der Waals surface area contributed by atoms with E-state index in [9.17, 15) is 0 Å². The number of aromatic nitrogens is 2. The molecule has 1 rings (SSSR count). The van der Waals surface area contributed by atoms with Gasteiger partial charge in [-0.2, -0.15) is 4.37 Å². The summed E-state index contributed by atoms with van der Waals surface area (Å²) in [5.74, 6) is 1.51. The second-order valence-electron chi connectivity index (χ2n) is 2.26. The summed E-state index contributed by atoms with van der Waals surface area (Å²) in [6.45, 7) is 4.32. The fourth-order valence-corrected chi connectivity index (χ4v) is 1.43. The van der Waals surface area contributed by atoms with Crippen LogP contribution < -0.4 is 0 Å². The summed E-state index contributed by atoms with van der Waals surface area (Å²) in [5, 5.41) is 0. The van der Waals surface area contributed by atoms with E-state index in [1.807, 2.05) is 0 Å². The van der Waals surface area contributed by atoms with Gasteiger partial charge in [-0.15, -0.1) is 0 Å². The van der Waals surface area contributed by atoms with E-state index in [1.165, 1.54) is 11.5 Å². The van der Waals surface area contributed by atoms with Crippen molar-refractivity contribution in [2.75, 3.05) is 0 Å². The summed E-state index contributed by atoms with van der Waals surface area (Å²) in [6, 6.07) is 0. The molecule has 1 radical (unpaired) electrons. The zero-order chi connectivity index (χ0) is 7.40. The monoisotopic (exact) mass is 155 g/mol. The molecule has 55 valence electrons. The van der Waals surface area contributed by atoms with Gasteiger partial charge in [-0.05, 0) is 24.4 Å². The maximum absolute atomic E-state index is 4.13. The summed E-state index contributed by atoms with van der Waals surface area (Å²) in [5.41, 5.74) is 2.76. The van der Waals surface area contributed by atoms with Crippen LogP contribution >= 0.6 is 11.5 Å². The van der Waals surface area contributed by atoms with E-state index in [-0.39, 0.29) is 0 Å². The van der Waals surface area contributed by atoms with Crippen LogP contribution in [-0.4, -0.2) is 9.36 Å². The zero-order valence-corrected chi connectivity index (χ0v) is 7.11. The highest BCUT2D eigenvalue weighted by Crippen LogP contribution is 2.18. The summed E-state index contributed by atoms with van der Waals surface area (Å²) in [4.78, 5) is 4.04. The fourth-order valence-electron chi connectivity index (χ4n) is 0.974. The van der Waals surface area contributed by atoms with Crippen LogP contribution in [-0.2, 0) is 0 Å². The van der Waals surface area contributed by atoms with Crippen molar-refractivity contribution in [2.24, 2.45) is 0 Å². The predicted octanol–water partition coefficient (Wildman–Crippen LogP) is 2.24. The van der Waals surface area contributed by atoms with Crippen molar-refractivity contribution in [2.45, 2.75) is 32.6 Å². The number of hydrogen-bond donors (Lipinski definition) is 0. The third-order valence-electron chi connectivity index (χ3n) is 1.69. The van der Waals surface area contributed by atoms with Gasteiger partial charge in [0.2, 0.25) is 0 Å². The molecule has 3 heteroatoms. The van der Waals surface area contributed by atoms with Crippen molar-refractivity contribution in [3.63, 3.8) is 0 Å². The van der Waals surface area contributed by atoms with E-state index in [1.54, 1.807) is 0 Å². The molecule has 1 aromatic heterocycles. The first-order valence-corrected chi connectivity index (χ1v) is 4.35. The van der Waals surface area contributed by atoms with E-state index in [4.69, 9.17) is 0 Å². The lowest BCUT2D eigenvalue weighted by Gasteiger charge is -2.05. The van der Waals surface area contributed by atoms with E-state index in [0.717, 1.165) is 18.7 Å². The number of nitrogens with zero attached hydrogens (tertiary/aromatic N) is 2. The molecule has 2 nitrogen and oxygen atoms in total. The van der Waals surface area contributed by atoms with Crippen molar-refractivity contribution < 1.29 is 0 Å². The smallest absolute Gasteiger partial charge is 0.174 e.